The maximum absolute atomic E-state index is 12.8. The summed E-state index contributed by atoms with van der Waals surface area (Å²) in [6.45, 7) is 2.03. The van der Waals surface area contributed by atoms with Crippen molar-refractivity contribution in [3.05, 3.63) is 34.4 Å². The molecule has 1 unspecified atom stereocenters. The van der Waals surface area contributed by atoms with E-state index in [0.29, 0.717) is 16.3 Å². The summed E-state index contributed by atoms with van der Waals surface area (Å²) < 4.78 is 5.62. The van der Waals surface area contributed by atoms with Gasteiger partial charge in [0, 0.05) is 23.2 Å². The van der Waals surface area contributed by atoms with E-state index in [9.17, 15) is 9.59 Å². The van der Waals surface area contributed by atoms with Crippen LogP contribution in [0.1, 0.15) is 25.3 Å². The second-order valence-corrected chi connectivity index (χ2v) is 6.50. The highest BCUT2D eigenvalue weighted by Gasteiger charge is 2.36. The lowest BCUT2D eigenvalue weighted by molar-refractivity contribution is -0.142. The van der Waals surface area contributed by atoms with Crippen molar-refractivity contribution >= 4 is 29.6 Å². The molecule has 0 aromatic heterocycles. The highest BCUT2D eigenvalue weighted by molar-refractivity contribution is 6.30. The summed E-state index contributed by atoms with van der Waals surface area (Å²) >= 11 is 5.99. The maximum atomic E-state index is 12.8. The molecule has 1 saturated carbocycles. The Labute approximate surface area is 139 Å². The lowest BCUT2D eigenvalue weighted by Crippen LogP contribution is -2.40. The number of ether oxygens (including phenoxy) is 1. The number of benzene rings is 1. The summed E-state index contributed by atoms with van der Waals surface area (Å²) in [6.07, 6.45) is 3.64. The second kappa shape index (κ2) is 6.24. The lowest BCUT2D eigenvalue weighted by atomic mass is 10.1. The van der Waals surface area contributed by atoms with E-state index >= 15 is 0 Å². The van der Waals surface area contributed by atoms with Gasteiger partial charge in [0.25, 0.3) is 5.91 Å². The summed E-state index contributed by atoms with van der Waals surface area (Å²) in [5.74, 6) is -0.935. The molecule has 5 nitrogen and oxygen atoms in total. The molecule has 1 N–H and O–H groups in total. The molecule has 23 heavy (non-hydrogen) atoms. The number of carboxylic acids is 1. The first kappa shape index (κ1) is 15.9. The van der Waals surface area contributed by atoms with Gasteiger partial charge in [0.05, 0.1) is 11.5 Å². The van der Waals surface area contributed by atoms with Gasteiger partial charge in [-0.05, 0) is 37.1 Å². The Bertz CT molecular complexity index is 681. The molecule has 2 aliphatic rings. The average Bonchev–Trinajstić information content (AvgIpc) is 3.35. The lowest BCUT2D eigenvalue weighted by Gasteiger charge is -2.27. The number of carbonyl (C=O) groups excluding carboxylic acids is 1. The molecule has 1 fully saturated rings. The third-order valence-electron chi connectivity index (χ3n) is 4.10. The van der Waals surface area contributed by atoms with Gasteiger partial charge < -0.3 is 14.7 Å². The van der Waals surface area contributed by atoms with Crippen molar-refractivity contribution in [1.29, 1.82) is 0 Å². The van der Waals surface area contributed by atoms with Crippen LogP contribution in [0.5, 0.6) is 5.75 Å². The normalized spacial score (nSPS) is 17.6. The Balaban J connectivity index is 1.82. The van der Waals surface area contributed by atoms with Crippen LogP contribution in [-0.2, 0) is 9.59 Å². The van der Waals surface area contributed by atoms with Crippen molar-refractivity contribution in [2.45, 2.75) is 25.8 Å². The summed E-state index contributed by atoms with van der Waals surface area (Å²) in [4.78, 5) is 25.5. The minimum Gasteiger partial charge on any atom is -0.488 e. The molecule has 1 amide bonds. The number of aliphatic carboxylic acids is 1. The molecule has 0 spiro atoms. The number of amides is 1. The molecule has 1 heterocycles. The van der Waals surface area contributed by atoms with Crippen LogP contribution in [0.4, 0.5) is 0 Å². The summed E-state index contributed by atoms with van der Waals surface area (Å²) in [5.41, 5.74) is 1.30. The number of halogens is 1. The molecular weight excluding hydrogens is 318 g/mol. The molecule has 1 aliphatic heterocycles. The average molecular weight is 336 g/mol. The minimum atomic E-state index is -0.894. The van der Waals surface area contributed by atoms with Crippen LogP contribution in [0, 0.1) is 5.92 Å². The Morgan fingerprint density at radius 1 is 1.43 bits per heavy atom. The molecule has 1 aromatic rings. The second-order valence-electron chi connectivity index (χ2n) is 6.07. The monoisotopic (exact) mass is 335 g/mol. The van der Waals surface area contributed by atoms with E-state index in [1.165, 1.54) is 0 Å². The van der Waals surface area contributed by atoms with Gasteiger partial charge in [-0.1, -0.05) is 18.5 Å². The predicted octanol–water partition coefficient (Wildman–Crippen LogP) is 2.83. The summed E-state index contributed by atoms with van der Waals surface area (Å²) in [7, 11) is 0. The van der Waals surface area contributed by atoms with Gasteiger partial charge in [-0.15, -0.1) is 0 Å². The Kier molecular flexibility index (Phi) is 4.31. The largest absolute Gasteiger partial charge is 0.488 e. The highest BCUT2D eigenvalue weighted by Crippen LogP contribution is 2.32. The van der Waals surface area contributed by atoms with E-state index in [0.717, 1.165) is 18.4 Å². The third-order valence-corrected chi connectivity index (χ3v) is 4.34. The molecule has 3 rings (SSSR count). The van der Waals surface area contributed by atoms with Gasteiger partial charge in [-0.3, -0.25) is 9.59 Å². The fourth-order valence-corrected chi connectivity index (χ4v) is 2.79. The van der Waals surface area contributed by atoms with Crippen LogP contribution in [0.15, 0.2) is 23.8 Å². The van der Waals surface area contributed by atoms with E-state index in [-0.39, 0.29) is 25.1 Å². The third kappa shape index (κ3) is 3.50. The first-order chi connectivity index (χ1) is 11.0. The molecule has 0 saturated heterocycles. The smallest absolute Gasteiger partial charge is 0.308 e. The van der Waals surface area contributed by atoms with E-state index in [1.54, 1.807) is 36.1 Å². The molecule has 1 atom stereocenters. The molecular formula is C17H18ClNO4. The molecule has 122 valence electrons. The van der Waals surface area contributed by atoms with Crippen molar-refractivity contribution in [3.63, 3.8) is 0 Å². The van der Waals surface area contributed by atoms with E-state index in [2.05, 4.69) is 0 Å². The zero-order chi connectivity index (χ0) is 16.6. The topological polar surface area (TPSA) is 66.8 Å². The van der Waals surface area contributed by atoms with Crippen LogP contribution >= 0.6 is 11.6 Å². The van der Waals surface area contributed by atoms with Gasteiger partial charge >= 0.3 is 5.97 Å². The van der Waals surface area contributed by atoms with Crippen LogP contribution in [-0.4, -0.2) is 41.1 Å². The zero-order valence-electron chi connectivity index (χ0n) is 12.8. The van der Waals surface area contributed by atoms with Gasteiger partial charge in [-0.2, -0.15) is 0 Å². The number of nitrogens with zero attached hydrogens (tertiary/aromatic N) is 1. The van der Waals surface area contributed by atoms with E-state index in [4.69, 9.17) is 21.4 Å². The fourth-order valence-electron chi connectivity index (χ4n) is 2.61. The number of rotatable bonds is 5. The maximum Gasteiger partial charge on any atom is 0.308 e. The molecule has 1 aliphatic carbocycles. The SMILES string of the molecule is CC(CN(C(=O)C1=Cc2cc(Cl)ccc2OC1)C1CC1)C(=O)O. The molecule has 0 radical (unpaired) electrons. The quantitative estimate of drug-likeness (QED) is 0.898. The van der Waals surface area contributed by atoms with Crippen molar-refractivity contribution in [3.8, 4) is 5.75 Å². The molecule has 6 heteroatoms. The van der Waals surface area contributed by atoms with Gasteiger partial charge in [0.1, 0.15) is 12.4 Å². The van der Waals surface area contributed by atoms with Crippen molar-refractivity contribution < 1.29 is 19.4 Å². The number of fused-ring (bicyclic) bond motifs is 1. The Morgan fingerprint density at radius 2 is 2.17 bits per heavy atom. The van der Waals surface area contributed by atoms with Crippen LogP contribution in [0.25, 0.3) is 6.08 Å². The minimum absolute atomic E-state index is 0.144. The number of carboxylic acid groups (broad SMARTS) is 1. The summed E-state index contributed by atoms with van der Waals surface area (Å²) in [5, 5.41) is 9.67. The van der Waals surface area contributed by atoms with Crippen LogP contribution in [0.3, 0.4) is 0 Å². The summed E-state index contributed by atoms with van der Waals surface area (Å²) in [6, 6.07) is 5.42. The molecule has 1 aromatic carbocycles. The number of carbonyl (C=O) groups is 2. The van der Waals surface area contributed by atoms with Gasteiger partial charge in [0.15, 0.2) is 0 Å². The predicted molar refractivity (Wildman–Crippen MR) is 86.5 cm³/mol. The Hall–Kier alpha value is -2.01. The van der Waals surface area contributed by atoms with E-state index < -0.39 is 11.9 Å². The van der Waals surface area contributed by atoms with Crippen molar-refractivity contribution in [2.24, 2.45) is 5.92 Å². The zero-order valence-corrected chi connectivity index (χ0v) is 13.5. The van der Waals surface area contributed by atoms with E-state index in [1.807, 2.05) is 0 Å². The molecule has 0 bridgehead atoms. The first-order valence-electron chi connectivity index (χ1n) is 7.62. The fraction of sp³-hybridized carbons (Fsp3) is 0.412. The Morgan fingerprint density at radius 3 is 2.83 bits per heavy atom. The van der Waals surface area contributed by atoms with Crippen molar-refractivity contribution in [2.75, 3.05) is 13.2 Å². The number of hydrogen-bond donors (Lipinski definition) is 1. The number of hydrogen-bond acceptors (Lipinski definition) is 3. The first-order valence-corrected chi connectivity index (χ1v) is 8.00. The van der Waals surface area contributed by atoms with Crippen LogP contribution < -0.4 is 4.74 Å². The van der Waals surface area contributed by atoms with Gasteiger partial charge in [0.2, 0.25) is 0 Å². The standard InChI is InChI=1S/C17H18ClNO4/c1-10(17(21)22)8-19(14-3-4-14)16(20)12-6-11-7-13(18)2-5-15(11)23-9-12/h2,5-7,10,14H,3-4,8-9H2,1H3,(H,21,22). The van der Waals surface area contributed by atoms with Gasteiger partial charge in [-0.25, -0.2) is 0 Å². The highest BCUT2D eigenvalue weighted by atomic mass is 35.5. The van der Waals surface area contributed by atoms with Crippen molar-refractivity contribution in [1.82, 2.24) is 4.90 Å². The van der Waals surface area contributed by atoms with Crippen LogP contribution in [0.2, 0.25) is 5.02 Å².